The molecule has 0 radical (unpaired) electrons. The Balaban J connectivity index is 1.72. The van der Waals surface area contributed by atoms with E-state index in [4.69, 9.17) is 23.2 Å². The first-order chi connectivity index (χ1) is 12.1. The van der Waals surface area contributed by atoms with Crippen LogP contribution in [0.1, 0.15) is 10.6 Å². The summed E-state index contributed by atoms with van der Waals surface area (Å²) in [6.45, 7) is 0. The number of benzene rings is 2. The number of rotatable bonds is 3. The van der Waals surface area contributed by atoms with Gasteiger partial charge in [0.1, 0.15) is 5.01 Å². The van der Waals surface area contributed by atoms with Gasteiger partial charge in [-0.3, -0.25) is 0 Å². The third-order valence-electron chi connectivity index (χ3n) is 3.48. The molecular formula is C17H9BrCl2N4S. The molecule has 4 rings (SSSR count). The summed E-state index contributed by atoms with van der Waals surface area (Å²) >= 11 is 17.2. The number of hydrogen-bond donors (Lipinski definition) is 0. The number of fused-ring (bicyclic) bond motifs is 1. The average Bonchev–Trinajstić information content (AvgIpc) is 3.16. The maximum Gasteiger partial charge on any atom is 0.235 e. The largest absolute Gasteiger partial charge is 0.235 e. The third-order valence-corrected chi connectivity index (χ3v) is 5.62. The van der Waals surface area contributed by atoms with Crippen molar-refractivity contribution in [2.75, 3.05) is 0 Å². The van der Waals surface area contributed by atoms with Gasteiger partial charge in [-0.25, -0.2) is 0 Å². The van der Waals surface area contributed by atoms with Crippen LogP contribution < -0.4 is 0 Å². The van der Waals surface area contributed by atoms with E-state index in [0.717, 1.165) is 25.6 Å². The Bertz CT molecular complexity index is 1100. The lowest BCUT2D eigenvalue weighted by Gasteiger charge is -1.99. The van der Waals surface area contributed by atoms with Gasteiger partial charge in [0.05, 0.1) is 0 Å². The van der Waals surface area contributed by atoms with E-state index in [1.165, 1.54) is 11.3 Å². The molecule has 0 saturated heterocycles. The van der Waals surface area contributed by atoms with Crippen LogP contribution in [-0.2, 0) is 0 Å². The monoisotopic (exact) mass is 450 g/mol. The minimum absolute atomic E-state index is 0.637. The molecule has 0 unspecified atom stereocenters. The van der Waals surface area contributed by atoms with Crippen molar-refractivity contribution >= 4 is 67.6 Å². The molecule has 4 aromatic rings. The first-order valence-electron chi connectivity index (χ1n) is 7.22. The van der Waals surface area contributed by atoms with Crippen molar-refractivity contribution in [3.8, 4) is 11.4 Å². The predicted molar refractivity (Wildman–Crippen MR) is 107 cm³/mol. The number of nitrogens with zero attached hydrogens (tertiary/aromatic N) is 4. The van der Waals surface area contributed by atoms with E-state index in [1.54, 1.807) is 16.6 Å². The summed E-state index contributed by atoms with van der Waals surface area (Å²) in [6, 6.07) is 13.2. The molecule has 0 amide bonds. The normalized spacial score (nSPS) is 11.6. The molecule has 0 atom stereocenters. The van der Waals surface area contributed by atoms with E-state index >= 15 is 0 Å². The highest BCUT2D eigenvalue weighted by Crippen LogP contribution is 2.29. The van der Waals surface area contributed by atoms with E-state index in [-0.39, 0.29) is 0 Å². The van der Waals surface area contributed by atoms with Gasteiger partial charge < -0.3 is 0 Å². The molecule has 0 aliphatic heterocycles. The number of hydrogen-bond acceptors (Lipinski definition) is 4. The molecule has 0 aliphatic carbocycles. The molecule has 2 aromatic carbocycles. The van der Waals surface area contributed by atoms with Crippen LogP contribution in [0.3, 0.4) is 0 Å². The first-order valence-corrected chi connectivity index (χ1v) is 9.58. The van der Waals surface area contributed by atoms with Crippen molar-refractivity contribution in [1.82, 2.24) is 19.8 Å². The van der Waals surface area contributed by atoms with Crippen LogP contribution in [0.25, 0.3) is 28.5 Å². The van der Waals surface area contributed by atoms with Crippen molar-refractivity contribution in [3.05, 3.63) is 67.6 Å². The number of halogens is 3. The average molecular weight is 452 g/mol. The Morgan fingerprint density at radius 2 is 1.88 bits per heavy atom. The van der Waals surface area contributed by atoms with E-state index in [0.29, 0.717) is 15.9 Å². The van der Waals surface area contributed by atoms with Gasteiger partial charge >= 0.3 is 0 Å². The van der Waals surface area contributed by atoms with Crippen molar-refractivity contribution in [2.24, 2.45) is 0 Å². The van der Waals surface area contributed by atoms with Crippen molar-refractivity contribution in [3.63, 3.8) is 0 Å². The summed E-state index contributed by atoms with van der Waals surface area (Å²) in [4.78, 5) is 0.725. The molecular weight excluding hydrogens is 443 g/mol. The highest BCUT2D eigenvalue weighted by atomic mass is 79.9. The Morgan fingerprint density at radius 3 is 2.72 bits per heavy atom. The van der Waals surface area contributed by atoms with E-state index in [2.05, 4.69) is 31.2 Å². The molecule has 0 bridgehead atoms. The second kappa shape index (κ2) is 6.88. The standard InChI is InChI=1S/C17H9BrCl2N4S/c18-13-4-2-1-3-12(13)16-21-22-17-24(16)23-15(25-17)8-5-10-9-11(19)6-7-14(10)20/h1-9H/b8-5+. The van der Waals surface area contributed by atoms with Gasteiger partial charge in [0.25, 0.3) is 0 Å². The second-order valence-electron chi connectivity index (χ2n) is 5.14. The van der Waals surface area contributed by atoms with Gasteiger partial charge in [0.15, 0.2) is 5.82 Å². The molecule has 8 heteroatoms. The van der Waals surface area contributed by atoms with Gasteiger partial charge in [0, 0.05) is 20.1 Å². The van der Waals surface area contributed by atoms with Crippen LogP contribution >= 0.6 is 50.5 Å². The molecule has 0 aliphatic rings. The summed E-state index contributed by atoms with van der Waals surface area (Å²) < 4.78 is 2.68. The number of aromatic nitrogens is 4. The smallest absolute Gasteiger partial charge is 0.182 e. The van der Waals surface area contributed by atoms with Crippen LogP contribution in [0.4, 0.5) is 0 Å². The van der Waals surface area contributed by atoms with Crippen LogP contribution in [0.2, 0.25) is 10.0 Å². The Morgan fingerprint density at radius 1 is 1.04 bits per heavy atom. The van der Waals surface area contributed by atoms with Crippen molar-refractivity contribution in [2.45, 2.75) is 0 Å². The highest BCUT2D eigenvalue weighted by molar-refractivity contribution is 9.10. The molecule has 0 spiro atoms. The molecule has 0 N–H and O–H groups in total. The van der Waals surface area contributed by atoms with Crippen LogP contribution in [0.15, 0.2) is 46.9 Å². The van der Waals surface area contributed by atoms with Gasteiger partial charge in [-0.1, -0.05) is 68.7 Å². The minimum atomic E-state index is 0.637. The predicted octanol–water partition coefficient (Wildman–Crippen LogP) is 6.09. The van der Waals surface area contributed by atoms with Gasteiger partial charge in [-0.05, 0) is 42.0 Å². The maximum absolute atomic E-state index is 6.18. The highest BCUT2D eigenvalue weighted by Gasteiger charge is 2.14. The molecule has 2 aromatic heterocycles. The fourth-order valence-corrected chi connectivity index (χ4v) is 3.88. The molecule has 0 fully saturated rings. The lowest BCUT2D eigenvalue weighted by Crippen LogP contribution is -1.91. The fraction of sp³-hybridized carbons (Fsp3) is 0. The summed E-state index contributed by atoms with van der Waals surface area (Å²) in [5.74, 6) is 0.694. The van der Waals surface area contributed by atoms with Gasteiger partial charge in [0.2, 0.25) is 4.96 Å². The van der Waals surface area contributed by atoms with E-state index in [9.17, 15) is 0 Å². The van der Waals surface area contributed by atoms with Crippen molar-refractivity contribution < 1.29 is 0 Å². The lowest BCUT2D eigenvalue weighted by molar-refractivity contribution is 0.959. The van der Waals surface area contributed by atoms with Gasteiger partial charge in [-0.15, -0.1) is 10.2 Å². The summed E-state index contributed by atoms with van der Waals surface area (Å²) in [5, 5.41) is 15.1. The molecule has 25 heavy (non-hydrogen) atoms. The first kappa shape index (κ1) is 16.7. The molecule has 2 heterocycles. The maximum atomic E-state index is 6.18. The van der Waals surface area contributed by atoms with E-state index < -0.39 is 0 Å². The summed E-state index contributed by atoms with van der Waals surface area (Å²) in [5.41, 5.74) is 1.78. The fourth-order valence-electron chi connectivity index (χ4n) is 2.31. The minimum Gasteiger partial charge on any atom is -0.182 e. The van der Waals surface area contributed by atoms with Crippen LogP contribution in [-0.4, -0.2) is 19.8 Å². The van der Waals surface area contributed by atoms with E-state index in [1.807, 2.05) is 42.5 Å². The molecule has 4 nitrogen and oxygen atoms in total. The zero-order chi connectivity index (χ0) is 17.4. The Hall–Kier alpha value is -1.73. The van der Waals surface area contributed by atoms with Crippen LogP contribution in [0, 0.1) is 0 Å². The second-order valence-corrected chi connectivity index (χ2v) is 7.82. The summed E-state index contributed by atoms with van der Waals surface area (Å²) in [6.07, 6.45) is 3.78. The Labute approximate surface area is 165 Å². The van der Waals surface area contributed by atoms with Crippen LogP contribution in [0.5, 0.6) is 0 Å². The van der Waals surface area contributed by atoms with Crippen molar-refractivity contribution in [1.29, 1.82) is 0 Å². The lowest BCUT2D eigenvalue weighted by atomic mass is 10.2. The third kappa shape index (κ3) is 3.35. The Kier molecular flexibility index (Phi) is 4.60. The summed E-state index contributed by atoms with van der Waals surface area (Å²) in [7, 11) is 0. The molecule has 0 saturated carbocycles. The SMILES string of the molecule is Clc1ccc(Cl)c(/C=C/c2nn3c(-c4ccccc4Br)nnc3s2)c1. The van der Waals surface area contributed by atoms with Gasteiger partial charge in [-0.2, -0.15) is 9.61 Å². The zero-order valence-electron chi connectivity index (χ0n) is 12.5. The topological polar surface area (TPSA) is 43.1 Å². The quantitative estimate of drug-likeness (QED) is 0.378. The molecule has 124 valence electrons. The zero-order valence-corrected chi connectivity index (χ0v) is 16.4.